The molecule has 0 unspecified atom stereocenters. The molecule has 0 amide bonds. The standard InChI is InChI=1S/C27H23P/c1-5-13-23(14-6-1)21-25(24-15-7-2-8-16-24)22-28(26-17-9-3-10-18-26)27-19-11-4-12-20-27/h1-21H,22H2/b25-21-. The maximum absolute atomic E-state index is 2.34. The summed E-state index contributed by atoms with van der Waals surface area (Å²) in [5.41, 5.74) is 3.92. The molecule has 0 aliphatic heterocycles. The quantitative estimate of drug-likeness (QED) is 0.270. The molecular weight excluding hydrogens is 355 g/mol. The Morgan fingerprint density at radius 1 is 0.536 bits per heavy atom. The smallest absolute Gasteiger partial charge is 0.00136 e. The van der Waals surface area contributed by atoms with E-state index in [9.17, 15) is 0 Å². The lowest BCUT2D eigenvalue weighted by Gasteiger charge is -2.21. The van der Waals surface area contributed by atoms with Crippen LogP contribution in [0.4, 0.5) is 0 Å². The van der Waals surface area contributed by atoms with Gasteiger partial charge in [0, 0.05) is 6.16 Å². The van der Waals surface area contributed by atoms with Crippen molar-refractivity contribution in [2.24, 2.45) is 0 Å². The summed E-state index contributed by atoms with van der Waals surface area (Å²) in [6, 6.07) is 43.3. The normalized spacial score (nSPS) is 11.5. The Morgan fingerprint density at radius 2 is 0.964 bits per heavy atom. The van der Waals surface area contributed by atoms with Crippen LogP contribution >= 0.6 is 7.92 Å². The van der Waals surface area contributed by atoms with Gasteiger partial charge in [-0.15, -0.1) is 0 Å². The van der Waals surface area contributed by atoms with Crippen molar-refractivity contribution in [3.8, 4) is 0 Å². The van der Waals surface area contributed by atoms with Crippen LogP contribution in [0.2, 0.25) is 0 Å². The fourth-order valence-electron chi connectivity index (χ4n) is 3.34. The molecule has 0 spiro atoms. The van der Waals surface area contributed by atoms with Crippen LogP contribution in [-0.2, 0) is 0 Å². The third-order valence-corrected chi connectivity index (χ3v) is 7.25. The van der Waals surface area contributed by atoms with Crippen molar-refractivity contribution in [1.29, 1.82) is 0 Å². The Labute approximate surface area is 169 Å². The summed E-state index contributed by atoms with van der Waals surface area (Å²) < 4.78 is 0. The predicted octanol–water partition coefficient (Wildman–Crippen LogP) is 6.36. The molecule has 0 aromatic heterocycles. The highest BCUT2D eigenvalue weighted by molar-refractivity contribution is 7.73. The summed E-state index contributed by atoms with van der Waals surface area (Å²) in [6.45, 7) is 0. The minimum absolute atomic E-state index is 0.478. The van der Waals surface area contributed by atoms with Gasteiger partial charge in [-0.25, -0.2) is 0 Å². The molecule has 0 radical (unpaired) electrons. The second-order valence-electron chi connectivity index (χ2n) is 6.70. The van der Waals surface area contributed by atoms with Crippen molar-refractivity contribution in [1.82, 2.24) is 0 Å². The zero-order valence-electron chi connectivity index (χ0n) is 15.8. The van der Waals surface area contributed by atoms with Gasteiger partial charge < -0.3 is 0 Å². The largest absolute Gasteiger partial charge is 0.0622 e. The van der Waals surface area contributed by atoms with Crippen LogP contribution in [-0.4, -0.2) is 6.16 Å². The number of hydrogen-bond acceptors (Lipinski definition) is 0. The summed E-state index contributed by atoms with van der Waals surface area (Å²) in [4.78, 5) is 0. The third-order valence-electron chi connectivity index (χ3n) is 4.75. The first-order valence-corrected chi connectivity index (χ1v) is 11.1. The number of rotatable bonds is 6. The van der Waals surface area contributed by atoms with Crippen molar-refractivity contribution in [2.45, 2.75) is 0 Å². The Bertz CT molecular complexity index is 967. The monoisotopic (exact) mass is 378 g/mol. The summed E-state index contributed by atoms with van der Waals surface area (Å²) in [7, 11) is -0.478. The summed E-state index contributed by atoms with van der Waals surface area (Å²) >= 11 is 0. The Morgan fingerprint density at radius 3 is 1.46 bits per heavy atom. The summed E-state index contributed by atoms with van der Waals surface area (Å²) in [6.07, 6.45) is 3.36. The molecular formula is C27H23P. The Kier molecular flexibility index (Phi) is 6.12. The van der Waals surface area contributed by atoms with Gasteiger partial charge in [0.1, 0.15) is 0 Å². The maximum atomic E-state index is 2.34. The molecule has 0 nitrogen and oxygen atoms in total. The Balaban J connectivity index is 1.78. The molecule has 136 valence electrons. The van der Waals surface area contributed by atoms with E-state index in [-0.39, 0.29) is 0 Å². The van der Waals surface area contributed by atoms with Gasteiger partial charge in [0.05, 0.1) is 0 Å². The summed E-state index contributed by atoms with van der Waals surface area (Å²) in [5, 5.41) is 2.83. The van der Waals surface area contributed by atoms with E-state index in [4.69, 9.17) is 0 Å². The first-order chi connectivity index (χ1) is 13.9. The van der Waals surface area contributed by atoms with Crippen LogP contribution in [0.3, 0.4) is 0 Å². The van der Waals surface area contributed by atoms with Crippen LogP contribution in [0.25, 0.3) is 11.6 Å². The highest BCUT2D eigenvalue weighted by atomic mass is 31.1. The minimum Gasteiger partial charge on any atom is -0.0622 e. The first-order valence-electron chi connectivity index (χ1n) is 9.59. The fourth-order valence-corrected chi connectivity index (χ4v) is 5.68. The van der Waals surface area contributed by atoms with Crippen LogP contribution < -0.4 is 10.6 Å². The van der Waals surface area contributed by atoms with E-state index in [2.05, 4.69) is 127 Å². The highest BCUT2D eigenvalue weighted by Crippen LogP contribution is 2.39. The zero-order chi connectivity index (χ0) is 19.0. The van der Waals surface area contributed by atoms with Crippen molar-refractivity contribution < 1.29 is 0 Å². The van der Waals surface area contributed by atoms with E-state index in [1.165, 1.54) is 27.3 Å². The molecule has 0 aliphatic carbocycles. The van der Waals surface area contributed by atoms with E-state index in [0.717, 1.165) is 6.16 Å². The maximum Gasteiger partial charge on any atom is 0.00136 e. The first kappa shape index (κ1) is 18.4. The number of hydrogen-bond donors (Lipinski definition) is 0. The average Bonchev–Trinajstić information content (AvgIpc) is 2.79. The van der Waals surface area contributed by atoms with E-state index < -0.39 is 7.92 Å². The van der Waals surface area contributed by atoms with Crippen LogP contribution in [0.1, 0.15) is 11.1 Å². The molecule has 1 heteroatoms. The van der Waals surface area contributed by atoms with Gasteiger partial charge in [-0.1, -0.05) is 127 Å². The van der Waals surface area contributed by atoms with Gasteiger partial charge >= 0.3 is 0 Å². The molecule has 0 saturated heterocycles. The van der Waals surface area contributed by atoms with Gasteiger partial charge in [-0.05, 0) is 35.2 Å². The van der Waals surface area contributed by atoms with Crippen molar-refractivity contribution in [3.05, 3.63) is 132 Å². The molecule has 4 aromatic rings. The van der Waals surface area contributed by atoms with E-state index in [1.807, 2.05) is 0 Å². The molecule has 0 N–H and O–H groups in total. The highest BCUT2D eigenvalue weighted by Gasteiger charge is 2.16. The van der Waals surface area contributed by atoms with Crippen LogP contribution in [0.5, 0.6) is 0 Å². The lowest BCUT2D eigenvalue weighted by atomic mass is 10.0. The van der Waals surface area contributed by atoms with E-state index in [0.29, 0.717) is 0 Å². The van der Waals surface area contributed by atoms with Crippen molar-refractivity contribution in [3.63, 3.8) is 0 Å². The van der Waals surface area contributed by atoms with Gasteiger partial charge in [-0.3, -0.25) is 0 Å². The van der Waals surface area contributed by atoms with Gasteiger partial charge in [0.2, 0.25) is 0 Å². The molecule has 0 atom stereocenters. The Hall–Kier alpha value is -2.95. The molecule has 4 rings (SSSR count). The molecule has 0 saturated carbocycles. The SMILES string of the molecule is C(=C(\CP(c1ccccc1)c1ccccc1)c1ccccc1)/c1ccccc1. The zero-order valence-corrected chi connectivity index (χ0v) is 16.7. The van der Waals surface area contributed by atoms with E-state index in [1.54, 1.807) is 0 Å². The third kappa shape index (κ3) is 4.66. The molecule has 0 heterocycles. The van der Waals surface area contributed by atoms with Gasteiger partial charge in [0.25, 0.3) is 0 Å². The molecule has 0 bridgehead atoms. The topological polar surface area (TPSA) is 0 Å². The van der Waals surface area contributed by atoms with E-state index >= 15 is 0 Å². The molecule has 4 aromatic carbocycles. The van der Waals surface area contributed by atoms with Gasteiger partial charge in [0.15, 0.2) is 0 Å². The van der Waals surface area contributed by atoms with Crippen molar-refractivity contribution >= 4 is 30.2 Å². The van der Waals surface area contributed by atoms with Crippen LogP contribution in [0, 0.1) is 0 Å². The molecule has 0 fully saturated rings. The molecule has 0 aliphatic rings. The average molecular weight is 378 g/mol. The lowest BCUT2D eigenvalue weighted by Crippen LogP contribution is -2.14. The minimum atomic E-state index is -0.478. The second-order valence-corrected chi connectivity index (χ2v) is 8.91. The summed E-state index contributed by atoms with van der Waals surface area (Å²) in [5.74, 6) is 0. The molecule has 28 heavy (non-hydrogen) atoms. The predicted molar refractivity (Wildman–Crippen MR) is 125 cm³/mol. The number of benzene rings is 4. The number of allylic oxidation sites excluding steroid dienone is 1. The van der Waals surface area contributed by atoms with Crippen molar-refractivity contribution in [2.75, 3.05) is 6.16 Å². The fraction of sp³-hybridized carbons (Fsp3) is 0.0370. The van der Waals surface area contributed by atoms with Gasteiger partial charge in [-0.2, -0.15) is 0 Å². The second kappa shape index (κ2) is 9.31. The lowest BCUT2D eigenvalue weighted by molar-refractivity contribution is 1.57. The van der Waals surface area contributed by atoms with Crippen LogP contribution in [0.15, 0.2) is 121 Å².